The minimum absolute atomic E-state index is 0. The Balaban J connectivity index is 0.00000200. The summed E-state index contributed by atoms with van der Waals surface area (Å²) >= 11 is 6.00. The van der Waals surface area contributed by atoms with Crippen LogP contribution in [0.2, 0.25) is 5.02 Å². The minimum atomic E-state index is -0.0939. The Morgan fingerprint density at radius 2 is 2.40 bits per heavy atom. The number of morpholine rings is 1. The molecule has 2 rings (SSSR count). The van der Waals surface area contributed by atoms with Gasteiger partial charge in [-0.05, 0) is 12.1 Å². The number of amides is 1. The highest BCUT2D eigenvalue weighted by Gasteiger charge is 2.18. The second-order valence-corrected chi connectivity index (χ2v) is 4.71. The summed E-state index contributed by atoms with van der Waals surface area (Å²) < 4.78 is 10.5. The van der Waals surface area contributed by atoms with Crippen LogP contribution >= 0.6 is 24.0 Å². The zero-order chi connectivity index (χ0) is 13.7. The number of ether oxygens (including phenoxy) is 2. The summed E-state index contributed by atoms with van der Waals surface area (Å²) in [6, 6.07) is 5.29. The average molecular weight is 321 g/mol. The number of benzene rings is 1. The van der Waals surface area contributed by atoms with E-state index in [1.165, 1.54) is 7.11 Å². The Kier molecular flexibility index (Phi) is 7.09. The molecule has 0 saturated carbocycles. The lowest BCUT2D eigenvalue weighted by molar-refractivity contribution is -0.117. The van der Waals surface area contributed by atoms with E-state index < -0.39 is 0 Å². The van der Waals surface area contributed by atoms with Crippen molar-refractivity contribution in [2.24, 2.45) is 0 Å². The maximum Gasteiger partial charge on any atom is 0.226 e. The quantitative estimate of drug-likeness (QED) is 0.891. The summed E-state index contributed by atoms with van der Waals surface area (Å²) in [5, 5.41) is 6.51. The van der Waals surface area contributed by atoms with E-state index in [4.69, 9.17) is 21.1 Å². The fourth-order valence-corrected chi connectivity index (χ4v) is 2.24. The molecule has 1 heterocycles. The molecule has 1 aromatic rings. The minimum Gasteiger partial charge on any atom is -0.493 e. The third kappa shape index (κ3) is 4.52. The largest absolute Gasteiger partial charge is 0.493 e. The van der Waals surface area contributed by atoms with Gasteiger partial charge in [0.25, 0.3) is 0 Å². The summed E-state index contributed by atoms with van der Waals surface area (Å²) in [7, 11) is 1.52. The molecule has 1 fully saturated rings. The molecule has 20 heavy (non-hydrogen) atoms. The van der Waals surface area contributed by atoms with Gasteiger partial charge in [0.15, 0.2) is 5.75 Å². The Bertz CT molecular complexity index is 451. The van der Waals surface area contributed by atoms with Crippen molar-refractivity contribution in [3.8, 4) is 5.75 Å². The lowest BCUT2D eigenvalue weighted by Crippen LogP contribution is -2.43. The summed E-state index contributed by atoms with van der Waals surface area (Å²) in [4.78, 5) is 12.0. The van der Waals surface area contributed by atoms with Gasteiger partial charge in [-0.15, -0.1) is 12.4 Å². The maximum absolute atomic E-state index is 12.0. The molecule has 0 radical (unpaired) electrons. The van der Waals surface area contributed by atoms with Crippen LogP contribution in [0.5, 0.6) is 5.75 Å². The third-order valence-electron chi connectivity index (χ3n) is 2.88. The van der Waals surface area contributed by atoms with Crippen LogP contribution in [0, 0.1) is 0 Å². The Labute approximate surface area is 129 Å². The molecular formula is C13H18Cl2N2O3. The number of carbonyl (C=O) groups excluding carboxylic acids is 1. The molecule has 5 nitrogen and oxygen atoms in total. The van der Waals surface area contributed by atoms with Crippen LogP contribution in [0.3, 0.4) is 0 Å². The lowest BCUT2D eigenvalue weighted by atomic mass is 10.2. The number of methoxy groups -OCH3 is 1. The van der Waals surface area contributed by atoms with Gasteiger partial charge in [-0.2, -0.15) is 0 Å². The van der Waals surface area contributed by atoms with E-state index in [9.17, 15) is 4.79 Å². The number of rotatable bonds is 4. The van der Waals surface area contributed by atoms with Crippen molar-refractivity contribution in [2.75, 3.05) is 32.2 Å². The monoisotopic (exact) mass is 320 g/mol. The van der Waals surface area contributed by atoms with Gasteiger partial charge >= 0.3 is 0 Å². The van der Waals surface area contributed by atoms with E-state index in [-0.39, 0.29) is 24.4 Å². The summed E-state index contributed by atoms with van der Waals surface area (Å²) in [5.41, 5.74) is 0.580. The first kappa shape index (κ1) is 17.0. The van der Waals surface area contributed by atoms with Gasteiger partial charge in [-0.3, -0.25) is 4.79 Å². The first-order chi connectivity index (χ1) is 9.20. The van der Waals surface area contributed by atoms with Crippen LogP contribution in [-0.4, -0.2) is 38.8 Å². The predicted molar refractivity (Wildman–Crippen MR) is 81.1 cm³/mol. The molecule has 1 amide bonds. The van der Waals surface area contributed by atoms with E-state index in [1.807, 2.05) is 0 Å². The van der Waals surface area contributed by atoms with Crippen LogP contribution in [0.1, 0.15) is 6.42 Å². The van der Waals surface area contributed by atoms with Crippen molar-refractivity contribution in [1.29, 1.82) is 0 Å². The van der Waals surface area contributed by atoms with Crippen LogP contribution in [0.25, 0.3) is 0 Å². The summed E-state index contributed by atoms with van der Waals surface area (Å²) in [6.45, 7) is 2.03. The van der Waals surface area contributed by atoms with Crippen molar-refractivity contribution in [3.05, 3.63) is 23.2 Å². The molecule has 0 bridgehead atoms. The first-order valence-electron chi connectivity index (χ1n) is 6.14. The zero-order valence-electron chi connectivity index (χ0n) is 11.1. The highest BCUT2D eigenvalue weighted by atomic mass is 35.5. The fourth-order valence-electron chi connectivity index (χ4n) is 1.99. The molecule has 1 aliphatic rings. The third-order valence-corrected chi connectivity index (χ3v) is 3.17. The van der Waals surface area contributed by atoms with Crippen LogP contribution in [-0.2, 0) is 9.53 Å². The number of hydrogen-bond acceptors (Lipinski definition) is 4. The van der Waals surface area contributed by atoms with Crippen molar-refractivity contribution in [2.45, 2.75) is 12.5 Å². The Morgan fingerprint density at radius 1 is 1.60 bits per heavy atom. The molecule has 0 aromatic heterocycles. The highest BCUT2D eigenvalue weighted by Crippen LogP contribution is 2.32. The number of halogens is 2. The van der Waals surface area contributed by atoms with E-state index in [2.05, 4.69) is 10.6 Å². The molecular weight excluding hydrogens is 303 g/mol. The second-order valence-electron chi connectivity index (χ2n) is 4.30. The van der Waals surface area contributed by atoms with Crippen molar-refractivity contribution < 1.29 is 14.3 Å². The van der Waals surface area contributed by atoms with Gasteiger partial charge in [0.05, 0.1) is 31.0 Å². The number of anilines is 1. The molecule has 1 saturated heterocycles. The van der Waals surface area contributed by atoms with E-state index in [1.54, 1.807) is 18.2 Å². The predicted octanol–water partition coefficient (Wildman–Crippen LogP) is 2.09. The van der Waals surface area contributed by atoms with Crippen molar-refractivity contribution in [1.82, 2.24) is 5.32 Å². The summed E-state index contributed by atoms with van der Waals surface area (Å²) in [6.07, 6.45) is 0.357. The normalized spacial score (nSPS) is 18.0. The van der Waals surface area contributed by atoms with Gasteiger partial charge in [0.2, 0.25) is 5.91 Å². The molecule has 1 aliphatic heterocycles. The standard InChI is InChI=1S/C13H17ClN2O3.ClH/c1-18-13-10(14)3-2-4-11(13)16-12(17)7-9-8-19-6-5-15-9;/h2-4,9,15H,5-8H2,1H3,(H,16,17);1H. The van der Waals surface area contributed by atoms with Gasteiger partial charge in [-0.1, -0.05) is 17.7 Å². The molecule has 112 valence electrons. The molecule has 2 N–H and O–H groups in total. The molecule has 1 atom stereocenters. The number of nitrogens with one attached hydrogen (secondary N) is 2. The average Bonchev–Trinajstić information content (AvgIpc) is 2.40. The highest BCUT2D eigenvalue weighted by molar-refractivity contribution is 6.32. The van der Waals surface area contributed by atoms with Crippen LogP contribution in [0.4, 0.5) is 5.69 Å². The second kappa shape index (κ2) is 8.32. The van der Waals surface area contributed by atoms with Gasteiger partial charge in [0, 0.05) is 19.0 Å². The van der Waals surface area contributed by atoms with E-state index in [0.717, 1.165) is 6.54 Å². The number of hydrogen-bond donors (Lipinski definition) is 2. The van der Waals surface area contributed by atoms with E-state index >= 15 is 0 Å². The van der Waals surface area contributed by atoms with Crippen molar-refractivity contribution in [3.63, 3.8) is 0 Å². The number of para-hydroxylation sites is 1. The molecule has 1 unspecified atom stereocenters. The SMILES string of the molecule is COc1c(Cl)cccc1NC(=O)CC1COCCN1.Cl. The van der Waals surface area contributed by atoms with Gasteiger partial charge in [-0.25, -0.2) is 0 Å². The fraction of sp³-hybridized carbons (Fsp3) is 0.462. The van der Waals surface area contributed by atoms with Gasteiger partial charge in [0.1, 0.15) is 0 Å². The lowest BCUT2D eigenvalue weighted by Gasteiger charge is -2.23. The smallest absolute Gasteiger partial charge is 0.226 e. The maximum atomic E-state index is 12.0. The van der Waals surface area contributed by atoms with Crippen LogP contribution in [0.15, 0.2) is 18.2 Å². The molecule has 7 heteroatoms. The zero-order valence-corrected chi connectivity index (χ0v) is 12.7. The number of carbonyl (C=O) groups is 1. The summed E-state index contributed by atoms with van der Waals surface area (Å²) in [5.74, 6) is 0.383. The topological polar surface area (TPSA) is 59.6 Å². The molecule has 0 spiro atoms. The Morgan fingerprint density at radius 3 is 3.05 bits per heavy atom. The Hall–Kier alpha value is -1.01. The van der Waals surface area contributed by atoms with E-state index in [0.29, 0.717) is 36.1 Å². The molecule has 1 aromatic carbocycles. The molecule has 0 aliphatic carbocycles. The van der Waals surface area contributed by atoms with Gasteiger partial charge < -0.3 is 20.1 Å². The van der Waals surface area contributed by atoms with Crippen molar-refractivity contribution >= 4 is 35.6 Å². The first-order valence-corrected chi connectivity index (χ1v) is 6.52. The van der Waals surface area contributed by atoms with Crippen LogP contribution < -0.4 is 15.4 Å².